The van der Waals surface area contributed by atoms with Crippen LogP contribution in [0, 0.1) is 0 Å². The number of aromatic nitrogens is 2. The first-order chi connectivity index (χ1) is 8.56. The van der Waals surface area contributed by atoms with Gasteiger partial charge in [-0.3, -0.25) is 0 Å². The first-order valence-electron chi connectivity index (χ1n) is 5.65. The van der Waals surface area contributed by atoms with Crippen LogP contribution in [0.2, 0.25) is 0 Å². The molecule has 0 atom stereocenters. The fraction of sp³-hybridized carbons (Fsp3) is 0.500. The van der Waals surface area contributed by atoms with Gasteiger partial charge in [0.1, 0.15) is 18.0 Å². The van der Waals surface area contributed by atoms with E-state index in [1.165, 1.54) is 6.33 Å². The van der Waals surface area contributed by atoms with Crippen LogP contribution < -0.4 is 27.6 Å². The first-order valence-corrected chi connectivity index (χ1v) is 5.65. The Hall–Kier alpha value is -2.09. The molecule has 0 saturated heterocycles. The Morgan fingerprint density at radius 2 is 2.00 bits per heavy atom. The van der Waals surface area contributed by atoms with Crippen molar-refractivity contribution in [3.05, 3.63) is 11.9 Å². The Morgan fingerprint density at radius 1 is 1.33 bits per heavy atom. The number of nitrogen functional groups attached to an aromatic ring is 1. The molecule has 8 nitrogen and oxygen atoms in total. The summed E-state index contributed by atoms with van der Waals surface area (Å²) in [6.45, 7) is 4.98. The van der Waals surface area contributed by atoms with E-state index in [0.29, 0.717) is 24.7 Å². The van der Waals surface area contributed by atoms with Gasteiger partial charge in [-0.05, 0) is 5.92 Å². The third-order valence-electron chi connectivity index (χ3n) is 2.31. The maximum atomic E-state index is 10.5. The standard InChI is InChI=1S/C10H19N7O/c1-6(2)7-8(13-3-4-14-10(11)18)15-5-16-9(7)17-12/h5-6H,3-4,12H2,1-2H3,(H3,11,14,18)(H2,13,15,16,17). The maximum absolute atomic E-state index is 10.5. The number of hydrazine groups is 1. The molecule has 7 N–H and O–H groups in total. The molecule has 1 heterocycles. The normalized spacial score (nSPS) is 10.2. The number of nitrogens with zero attached hydrogens (tertiary/aromatic N) is 2. The molecule has 1 aromatic rings. The van der Waals surface area contributed by atoms with Crippen LogP contribution in [0.5, 0.6) is 0 Å². The van der Waals surface area contributed by atoms with Gasteiger partial charge in [0, 0.05) is 18.7 Å². The van der Waals surface area contributed by atoms with Crippen LogP contribution >= 0.6 is 0 Å². The van der Waals surface area contributed by atoms with Gasteiger partial charge in [0.25, 0.3) is 0 Å². The lowest BCUT2D eigenvalue weighted by Crippen LogP contribution is -2.33. The number of nitrogens with two attached hydrogens (primary N) is 2. The lowest BCUT2D eigenvalue weighted by Gasteiger charge is -2.16. The summed E-state index contributed by atoms with van der Waals surface area (Å²) in [6, 6.07) is -0.548. The number of carbonyl (C=O) groups is 1. The van der Waals surface area contributed by atoms with Crippen molar-refractivity contribution >= 4 is 17.7 Å². The third kappa shape index (κ3) is 3.74. The molecule has 0 bridgehead atoms. The van der Waals surface area contributed by atoms with Crippen LogP contribution in [0.4, 0.5) is 16.4 Å². The molecule has 1 aromatic heterocycles. The minimum atomic E-state index is -0.548. The van der Waals surface area contributed by atoms with Gasteiger partial charge in [0.2, 0.25) is 0 Å². The number of anilines is 2. The highest BCUT2D eigenvalue weighted by molar-refractivity contribution is 5.71. The van der Waals surface area contributed by atoms with Crippen LogP contribution in [0.25, 0.3) is 0 Å². The first kappa shape index (κ1) is 14.0. The molecule has 0 saturated carbocycles. The minimum absolute atomic E-state index is 0.212. The highest BCUT2D eigenvalue weighted by atomic mass is 16.2. The number of hydrogen-bond donors (Lipinski definition) is 5. The Balaban J connectivity index is 2.72. The molecular formula is C10H19N7O. The Morgan fingerprint density at radius 3 is 2.56 bits per heavy atom. The second-order valence-corrected chi connectivity index (χ2v) is 4.00. The molecule has 0 radical (unpaired) electrons. The molecule has 0 fully saturated rings. The second-order valence-electron chi connectivity index (χ2n) is 4.00. The number of nitrogens with one attached hydrogen (secondary N) is 3. The lowest BCUT2D eigenvalue weighted by atomic mass is 10.0. The number of amides is 2. The summed E-state index contributed by atoms with van der Waals surface area (Å²) in [7, 11) is 0. The highest BCUT2D eigenvalue weighted by Crippen LogP contribution is 2.27. The van der Waals surface area contributed by atoms with Crippen molar-refractivity contribution in [2.24, 2.45) is 11.6 Å². The molecule has 8 heteroatoms. The number of carbonyl (C=O) groups excluding carboxylic acids is 1. The van der Waals surface area contributed by atoms with Gasteiger partial charge in [0.05, 0.1) is 0 Å². The Labute approximate surface area is 106 Å². The number of hydrogen-bond acceptors (Lipinski definition) is 6. The van der Waals surface area contributed by atoms with Crippen molar-refractivity contribution in [2.75, 3.05) is 23.8 Å². The van der Waals surface area contributed by atoms with Crippen molar-refractivity contribution in [3.8, 4) is 0 Å². The van der Waals surface area contributed by atoms with Crippen molar-refractivity contribution < 1.29 is 4.79 Å². The lowest BCUT2D eigenvalue weighted by molar-refractivity contribution is 0.249. The topological polar surface area (TPSA) is 131 Å². The SMILES string of the molecule is CC(C)c1c(NN)ncnc1NCCNC(N)=O. The van der Waals surface area contributed by atoms with E-state index in [9.17, 15) is 4.79 Å². The van der Waals surface area contributed by atoms with E-state index in [1.54, 1.807) is 0 Å². The molecular weight excluding hydrogens is 234 g/mol. The van der Waals surface area contributed by atoms with E-state index in [-0.39, 0.29) is 5.92 Å². The summed E-state index contributed by atoms with van der Waals surface area (Å²) in [5, 5.41) is 5.59. The summed E-state index contributed by atoms with van der Waals surface area (Å²) in [4.78, 5) is 18.7. The second kappa shape index (κ2) is 6.60. The smallest absolute Gasteiger partial charge is 0.312 e. The molecule has 0 aromatic carbocycles. The summed E-state index contributed by atoms with van der Waals surface area (Å²) in [5.41, 5.74) is 8.41. The average molecular weight is 253 g/mol. The summed E-state index contributed by atoms with van der Waals surface area (Å²) < 4.78 is 0. The predicted octanol–water partition coefficient (Wildman–Crippen LogP) is -0.0342. The largest absolute Gasteiger partial charge is 0.368 e. The van der Waals surface area contributed by atoms with Crippen LogP contribution in [-0.2, 0) is 0 Å². The highest BCUT2D eigenvalue weighted by Gasteiger charge is 2.13. The van der Waals surface area contributed by atoms with Gasteiger partial charge in [-0.2, -0.15) is 0 Å². The molecule has 0 unspecified atom stereocenters. The Kier molecular flexibility index (Phi) is 5.12. The van der Waals surface area contributed by atoms with Crippen LogP contribution in [0.15, 0.2) is 6.33 Å². The van der Waals surface area contributed by atoms with Crippen molar-refractivity contribution in [1.29, 1.82) is 0 Å². The van der Waals surface area contributed by atoms with Crippen molar-refractivity contribution in [2.45, 2.75) is 19.8 Å². The van der Waals surface area contributed by atoms with Crippen LogP contribution in [-0.4, -0.2) is 29.1 Å². The van der Waals surface area contributed by atoms with Crippen LogP contribution in [0.3, 0.4) is 0 Å². The predicted molar refractivity (Wildman–Crippen MR) is 70.0 cm³/mol. The summed E-state index contributed by atoms with van der Waals surface area (Å²) in [5.74, 6) is 6.90. The quantitative estimate of drug-likeness (QED) is 0.275. The Bertz CT molecular complexity index is 407. The zero-order chi connectivity index (χ0) is 13.5. The van der Waals surface area contributed by atoms with Crippen molar-refractivity contribution in [1.82, 2.24) is 15.3 Å². The number of rotatable bonds is 6. The van der Waals surface area contributed by atoms with Gasteiger partial charge >= 0.3 is 6.03 Å². The molecule has 18 heavy (non-hydrogen) atoms. The van der Waals surface area contributed by atoms with E-state index in [4.69, 9.17) is 11.6 Å². The fourth-order valence-electron chi connectivity index (χ4n) is 1.56. The molecule has 2 amide bonds. The molecule has 0 aliphatic rings. The van der Waals surface area contributed by atoms with Gasteiger partial charge < -0.3 is 21.8 Å². The summed E-state index contributed by atoms with van der Waals surface area (Å²) in [6.07, 6.45) is 1.42. The molecule has 0 aliphatic heterocycles. The maximum Gasteiger partial charge on any atom is 0.312 e. The zero-order valence-corrected chi connectivity index (χ0v) is 10.5. The van der Waals surface area contributed by atoms with E-state index >= 15 is 0 Å². The van der Waals surface area contributed by atoms with E-state index in [0.717, 1.165) is 5.56 Å². The van der Waals surface area contributed by atoms with Gasteiger partial charge in [-0.15, -0.1) is 0 Å². The summed E-state index contributed by atoms with van der Waals surface area (Å²) >= 11 is 0. The van der Waals surface area contributed by atoms with Crippen molar-refractivity contribution in [3.63, 3.8) is 0 Å². The van der Waals surface area contributed by atoms with Crippen LogP contribution in [0.1, 0.15) is 25.3 Å². The molecule has 100 valence electrons. The number of urea groups is 1. The van der Waals surface area contributed by atoms with E-state index in [2.05, 4.69) is 26.0 Å². The van der Waals surface area contributed by atoms with E-state index < -0.39 is 6.03 Å². The van der Waals surface area contributed by atoms with E-state index in [1.807, 2.05) is 13.8 Å². The molecule has 0 aliphatic carbocycles. The minimum Gasteiger partial charge on any atom is -0.368 e. The third-order valence-corrected chi connectivity index (χ3v) is 2.31. The monoisotopic (exact) mass is 253 g/mol. The molecule has 0 spiro atoms. The van der Waals surface area contributed by atoms with Gasteiger partial charge in [-0.1, -0.05) is 13.8 Å². The zero-order valence-electron chi connectivity index (χ0n) is 10.5. The molecule has 1 rings (SSSR count). The average Bonchev–Trinajstić information content (AvgIpc) is 2.33. The van der Waals surface area contributed by atoms with Gasteiger partial charge in [-0.25, -0.2) is 20.6 Å². The number of primary amides is 1. The van der Waals surface area contributed by atoms with Gasteiger partial charge in [0.15, 0.2) is 0 Å². The fourth-order valence-corrected chi connectivity index (χ4v) is 1.56.